The van der Waals surface area contributed by atoms with E-state index in [0.29, 0.717) is 23.0 Å². The van der Waals surface area contributed by atoms with Gasteiger partial charge in [0.15, 0.2) is 5.78 Å². The SMILES string of the molecule is CC(C)C(=O)N[C@@](C)(CSCc1ccccc1)C(=O)N[C@](C)(CSCc1ccccc1)C(=O)N[C@@](C)(CSCc1ccccc1)C(=O)N[C@](C)(CSCc1ccccc1)C(=O)N[C@H](C(=O)CN)[C@@H](C)OCc1ccccc1. The van der Waals surface area contributed by atoms with Gasteiger partial charge in [0.25, 0.3) is 0 Å². The minimum absolute atomic E-state index is 0.0481. The highest BCUT2D eigenvalue weighted by Gasteiger charge is 2.48. The summed E-state index contributed by atoms with van der Waals surface area (Å²) in [7, 11) is 0. The maximum Gasteiger partial charge on any atom is 0.247 e. The number of nitrogens with two attached hydrogens (primary N) is 1. The molecule has 0 saturated carbocycles. The summed E-state index contributed by atoms with van der Waals surface area (Å²) in [6.07, 6.45) is -0.804. The van der Waals surface area contributed by atoms with Crippen molar-refractivity contribution in [3.05, 3.63) is 179 Å². The molecule has 0 aliphatic rings. The first-order valence-electron chi connectivity index (χ1n) is 25.7. The Balaban J connectivity index is 1.49. The van der Waals surface area contributed by atoms with Gasteiger partial charge < -0.3 is 37.1 Å². The number of ketones is 1. The first-order valence-corrected chi connectivity index (χ1v) is 30.4. The van der Waals surface area contributed by atoms with Gasteiger partial charge in [-0.05, 0) is 62.4 Å². The van der Waals surface area contributed by atoms with Gasteiger partial charge in [-0.2, -0.15) is 47.0 Å². The number of ether oxygens (including phenoxy) is 1. The van der Waals surface area contributed by atoms with Crippen LogP contribution < -0.4 is 32.3 Å². The molecule has 77 heavy (non-hydrogen) atoms. The summed E-state index contributed by atoms with van der Waals surface area (Å²) < 4.78 is 6.14. The normalized spacial score (nSPS) is 15.2. The average Bonchev–Trinajstić information content (AvgIpc) is 3.43. The van der Waals surface area contributed by atoms with E-state index in [1.807, 2.05) is 152 Å². The van der Waals surface area contributed by atoms with Crippen LogP contribution in [0.4, 0.5) is 0 Å². The van der Waals surface area contributed by atoms with E-state index in [1.165, 1.54) is 47.0 Å². The Morgan fingerprint density at radius 3 is 1.03 bits per heavy atom. The maximum absolute atomic E-state index is 15.4. The smallest absolute Gasteiger partial charge is 0.247 e. The van der Waals surface area contributed by atoms with Crippen LogP contribution in [0.2, 0.25) is 0 Å². The molecule has 17 heteroatoms. The van der Waals surface area contributed by atoms with Crippen LogP contribution in [0.25, 0.3) is 0 Å². The number of nitrogens with one attached hydrogen (secondary N) is 5. The molecular weight excluding hydrogens is 1040 g/mol. The molecule has 0 radical (unpaired) electrons. The number of thioether (sulfide) groups is 4. The van der Waals surface area contributed by atoms with Gasteiger partial charge in [0.2, 0.25) is 29.5 Å². The highest BCUT2D eigenvalue weighted by molar-refractivity contribution is 7.99. The van der Waals surface area contributed by atoms with Gasteiger partial charge in [-0.15, -0.1) is 0 Å². The summed E-state index contributed by atoms with van der Waals surface area (Å²) in [5.74, 6) is -1.30. The molecule has 0 aromatic heterocycles. The molecule has 0 heterocycles. The molecule has 5 amide bonds. The van der Waals surface area contributed by atoms with Gasteiger partial charge in [0.1, 0.15) is 28.2 Å². The second-order valence-electron chi connectivity index (χ2n) is 20.4. The molecule has 0 bridgehead atoms. The quantitative estimate of drug-likeness (QED) is 0.0241. The monoisotopic (exact) mass is 1120 g/mol. The minimum atomic E-state index is -1.71. The van der Waals surface area contributed by atoms with Crippen molar-refractivity contribution in [2.75, 3.05) is 29.6 Å². The summed E-state index contributed by atoms with van der Waals surface area (Å²) in [6.45, 7) is 11.5. The molecular formula is C60H76N6O7S4. The van der Waals surface area contributed by atoms with Gasteiger partial charge in [-0.1, -0.05) is 166 Å². The molecule has 0 saturated heterocycles. The van der Waals surface area contributed by atoms with Crippen LogP contribution in [0.3, 0.4) is 0 Å². The van der Waals surface area contributed by atoms with E-state index in [2.05, 4.69) is 26.6 Å². The fraction of sp³-hybridized carbons (Fsp3) is 0.400. The predicted molar refractivity (Wildman–Crippen MR) is 318 cm³/mol. The predicted octanol–water partition coefficient (Wildman–Crippen LogP) is 8.49. The zero-order valence-corrected chi connectivity index (χ0v) is 48.6. The maximum atomic E-state index is 15.4. The molecule has 5 aromatic rings. The molecule has 0 aliphatic carbocycles. The standard InChI is InChI=1S/C60H76N6O7S4/c1-43(2)52(68)63-58(5,40-75-36-47-27-17-10-18-28-47)54(70)65-60(7,42-77-38-49-31-21-12-22-32-49)56(72)66-59(6,41-76-37-48-29-19-11-20-30-48)55(71)64-57(4,39-74-35-46-25-15-9-16-26-46)53(69)62-51(50(67)33-61)44(3)73-34-45-23-13-8-14-24-45/h8-32,43-44,51H,33-42,61H2,1-7H3,(H,62,69)(H,63,68)(H,64,71)(H,65,70)(H,66,72)/t44-,51+,57-,58+,59+,60-/m1/s1. The summed E-state index contributed by atoms with van der Waals surface area (Å²) >= 11 is 5.76. The van der Waals surface area contributed by atoms with E-state index in [1.54, 1.807) is 48.5 Å². The molecule has 0 aliphatic heterocycles. The number of carbonyl (C=O) groups excluding carboxylic acids is 6. The molecule has 13 nitrogen and oxygen atoms in total. The summed E-state index contributed by atoms with van der Waals surface area (Å²) in [5.41, 5.74) is 4.36. The molecule has 0 spiro atoms. The molecule has 7 N–H and O–H groups in total. The van der Waals surface area contributed by atoms with Crippen LogP contribution in [0.1, 0.15) is 76.3 Å². The summed E-state index contributed by atoms with van der Waals surface area (Å²) in [4.78, 5) is 87.6. The minimum Gasteiger partial charge on any atom is -0.371 e. The third kappa shape index (κ3) is 19.7. The number of hydrogen-bond donors (Lipinski definition) is 6. The second kappa shape index (κ2) is 30.6. The van der Waals surface area contributed by atoms with Gasteiger partial charge in [0.05, 0.1) is 19.3 Å². The Morgan fingerprint density at radius 1 is 0.442 bits per heavy atom. The summed E-state index contributed by atoms with van der Waals surface area (Å²) in [6, 6.07) is 47.3. The van der Waals surface area contributed by atoms with E-state index in [-0.39, 0.29) is 42.1 Å². The molecule has 5 aromatic carbocycles. The lowest BCUT2D eigenvalue weighted by Gasteiger charge is -2.40. The first-order chi connectivity index (χ1) is 36.8. The van der Waals surface area contributed by atoms with E-state index >= 15 is 9.59 Å². The van der Waals surface area contributed by atoms with E-state index < -0.39 is 69.6 Å². The fourth-order valence-electron chi connectivity index (χ4n) is 7.79. The van der Waals surface area contributed by atoms with Crippen LogP contribution in [-0.4, -0.2) is 99.2 Å². The Hall–Kier alpha value is -5.56. The lowest BCUT2D eigenvalue weighted by atomic mass is 9.94. The van der Waals surface area contributed by atoms with Gasteiger partial charge in [0, 0.05) is 51.9 Å². The second-order valence-corrected chi connectivity index (χ2v) is 24.3. The van der Waals surface area contributed by atoms with Crippen molar-refractivity contribution in [3.8, 4) is 0 Å². The van der Waals surface area contributed by atoms with Crippen molar-refractivity contribution < 1.29 is 33.5 Å². The van der Waals surface area contributed by atoms with Crippen LogP contribution in [0.15, 0.2) is 152 Å². The molecule has 5 rings (SSSR count). The zero-order chi connectivity index (χ0) is 55.9. The molecule has 6 atom stereocenters. The lowest BCUT2D eigenvalue weighted by molar-refractivity contribution is -0.141. The number of benzene rings is 5. The Labute approximate surface area is 472 Å². The van der Waals surface area contributed by atoms with Gasteiger partial charge >= 0.3 is 0 Å². The number of carbonyl (C=O) groups is 6. The van der Waals surface area contributed by atoms with Crippen molar-refractivity contribution in [3.63, 3.8) is 0 Å². The van der Waals surface area contributed by atoms with E-state index in [9.17, 15) is 19.2 Å². The van der Waals surface area contributed by atoms with Crippen LogP contribution in [0, 0.1) is 5.92 Å². The number of hydrogen-bond acceptors (Lipinski definition) is 12. The third-order valence-corrected chi connectivity index (χ3v) is 18.0. The highest BCUT2D eigenvalue weighted by atomic mass is 32.2. The molecule has 0 unspecified atom stereocenters. The average molecular weight is 1120 g/mol. The van der Waals surface area contributed by atoms with Gasteiger partial charge in [-0.3, -0.25) is 28.8 Å². The zero-order valence-electron chi connectivity index (χ0n) is 45.3. The fourth-order valence-corrected chi connectivity index (χ4v) is 12.4. The van der Waals surface area contributed by atoms with E-state index in [4.69, 9.17) is 10.5 Å². The van der Waals surface area contributed by atoms with Crippen molar-refractivity contribution in [1.82, 2.24) is 26.6 Å². The van der Waals surface area contributed by atoms with Crippen molar-refractivity contribution in [1.29, 1.82) is 0 Å². The number of Topliss-reactive ketones (excluding diaryl/α,β-unsaturated/α-hetero) is 1. The lowest BCUT2D eigenvalue weighted by Crippen LogP contribution is -2.72. The Bertz CT molecular complexity index is 2660. The molecule has 412 valence electrons. The Kier molecular flexibility index (Phi) is 24.7. The third-order valence-electron chi connectivity index (χ3n) is 12.8. The summed E-state index contributed by atoms with van der Waals surface area (Å²) in [5, 5.41) is 15.1. The molecule has 0 fully saturated rings. The Morgan fingerprint density at radius 2 is 0.727 bits per heavy atom. The van der Waals surface area contributed by atoms with Crippen LogP contribution in [0.5, 0.6) is 0 Å². The number of rotatable bonds is 32. The van der Waals surface area contributed by atoms with Crippen molar-refractivity contribution >= 4 is 82.4 Å². The topological polar surface area (TPSA) is 198 Å². The van der Waals surface area contributed by atoms with Crippen LogP contribution in [-0.2, 0) is 63.1 Å². The first kappa shape index (κ1) is 62.3. The highest BCUT2D eigenvalue weighted by Crippen LogP contribution is 2.27. The van der Waals surface area contributed by atoms with Crippen molar-refractivity contribution in [2.45, 2.75) is 112 Å². The largest absolute Gasteiger partial charge is 0.371 e. The van der Waals surface area contributed by atoms with Crippen molar-refractivity contribution in [2.24, 2.45) is 11.7 Å². The van der Waals surface area contributed by atoms with Gasteiger partial charge in [-0.25, -0.2) is 0 Å². The van der Waals surface area contributed by atoms with Crippen LogP contribution >= 0.6 is 47.0 Å². The van der Waals surface area contributed by atoms with E-state index in [0.717, 1.165) is 27.8 Å². The number of amides is 5.